The fourth-order valence-electron chi connectivity index (χ4n) is 4.48. The zero-order valence-electron chi connectivity index (χ0n) is 16.3. The van der Waals surface area contributed by atoms with Crippen LogP contribution >= 0.6 is 11.8 Å². The van der Waals surface area contributed by atoms with Crippen LogP contribution in [0.3, 0.4) is 0 Å². The number of ketones is 1. The van der Waals surface area contributed by atoms with Crippen LogP contribution in [0, 0.1) is 6.92 Å². The molecule has 8 heteroatoms. The fraction of sp³-hybridized carbons (Fsp3) is 0.182. The normalized spacial score (nSPS) is 23.5. The molecule has 1 aromatic heterocycles. The number of thioether (sulfide) groups is 1. The number of nitrogens with one attached hydrogen (secondary N) is 2. The lowest BCUT2D eigenvalue weighted by Gasteiger charge is -2.34. The van der Waals surface area contributed by atoms with E-state index >= 15 is 0 Å². The van der Waals surface area contributed by atoms with E-state index in [1.165, 1.54) is 11.8 Å². The standard InChI is InChI=1S/C22H19N3O4S/c1-11-16(30-2)10-24-18(11)20(27)25-21-12-6-3-4-9-15(12)29-22(21,28)13-7-5-8-14(23)17(13)19(21)26/h3-10,24,28H,23H2,1-2H3,(H,25,27). The Labute approximate surface area is 176 Å². The molecule has 5 N–H and O–H groups in total. The minimum atomic E-state index is -2.11. The zero-order chi connectivity index (χ0) is 21.3. The van der Waals surface area contributed by atoms with E-state index in [4.69, 9.17) is 10.5 Å². The Morgan fingerprint density at radius 3 is 2.67 bits per heavy atom. The molecule has 2 aromatic carbocycles. The third-order valence-corrected chi connectivity index (χ3v) is 6.79. The van der Waals surface area contributed by atoms with E-state index in [2.05, 4.69) is 10.3 Å². The Balaban J connectivity index is 1.72. The number of ether oxygens (including phenoxy) is 1. The summed E-state index contributed by atoms with van der Waals surface area (Å²) < 4.78 is 5.92. The summed E-state index contributed by atoms with van der Waals surface area (Å²) in [6.07, 6.45) is 3.65. The van der Waals surface area contributed by atoms with Gasteiger partial charge in [0.1, 0.15) is 11.4 Å². The van der Waals surface area contributed by atoms with Crippen LogP contribution in [0.2, 0.25) is 0 Å². The lowest BCUT2D eigenvalue weighted by atomic mass is 9.82. The van der Waals surface area contributed by atoms with Crippen LogP contribution in [0.1, 0.15) is 37.5 Å². The highest BCUT2D eigenvalue weighted by Gasteiger charge is 2.72. The van der Waals surface area contributed by atoms with E-state index in [1.807, 2.05) is 13.2 Å². The number of hydrogen-bond donors (Lipinski definition) is 4. The molecule has 1 aliphatic carbocycles. The Hall–Kier alpha value is -3.23. The number of nitrogen functional groups attached to an aromatic ring is 1. The van der Waals surface area contributed by atoms with Gasteiger partial charge in [0.15, 0.2) is 0 Å². The van der Waals surface area contributed by atoms with E-state index in [9.17, 15) is 14.7 Å². The van der Waals surface area contributed by atoms with Crippen LogP contribution in [0.25, 0.3) is 0 Å². The molecule has 7 nitrogen and oxygen atoms in total. The van der Waals surface area contributed by atoms with Gasteiger partial charge in [0.05, 0.1) is 5.56 Å². The van der Waals surface area contributed by atoms with Crippen molar-refractivity contribution in [3.63, 3.8) is 0 Å². The van der Waals surface area contributed by atoms with Crippen molar-refractivity contribution in [1.29, 1.82) is 0 Å². The van der Waals surface area contributed by atoms with Crippen LogP contribution in [-0.4, -0.2) is 28.0 Å². The number of carbonyl (C=O) groups excluding carboxylic acids is 2. The molecule has 0 saturated heterocycles. The predicted molar refractivity (Wildman–Crippen MR) is 113 cm³/mol. The summed E-state index contributed by atoms with van der Waals surface area (Å²) >= 11 is 1.51. The average molecular weight is 421 g/mol. The van der Waals surface area contributed by atoms with Crippen LogP contribution in [-0.2, 0) is 11.3 Å². The van der Waals surface area contributed by atoms with Gasteiger partial charge in [-0.05, 0) is 30.9 Å². The molecular formula is C22H19N3O4S. The molecule has 2 heterocycles. The molecule has 30 heavy (non-hydrogen) atoms. The van der Waals surface area contributed by atoms with Crippen molar-refractivity contribution in [3.05, 3.63) is 76.6 Å². The van der Waals surface area contributed by atoms with Crippen molar-refractivity contribution >= 4 is 29.1 Å². The van der Waals surface area contributed by atoms with Gasteiger partial charge in [-0.15, -0.1) is 11.8 Å². The van der Waals surface area contributed by atoms with E-state index in [-0.39, 0.29) is 16.8 Å². The number of aromatic nitrogens is 1. The number of benzene rings is 2. The van der Waals surface area contributed by atoms with Gasteiger partial charge in [-0.3, -0.25) is 9.59 Å². The maximum atomic E-state index is 13.8. The maximum absolute atomic E-state index is 13.8. The molecule has 1 aliphatic heterocycles. The first-order chi connectivity index (χ1) is 14.3. The number of para-hydroxylation sites is 1. The summed E-state index contributed by atoms with van der Waals surface area (Å²) in [6.45, 7) is 1.82. The molecule has 2 atom stereocenters. The second-order valence-corrected chi connectivity index (χ2v) is 8.25. The summed E-state index contributed by atoms with van der Waals surface area (Å²) in [5, 5.41) is 14.5. The highest BCUT2D eigenvalue weighted by atomic mass is 32.2. The largest absolute Gasteiger partial charge is 0.454 e. The van der Waals surface area contributed by atoms with Crippen LogP contribution in [0.5, 0.6) is 5.75 Å². The van der Waals surface area contributed by atoms with Crippen molar-refractivity contribution in [1.82, 2.24) is 10.3 Å². The molecule has 5 rings (SSSR count). The maximum Gasteiger partial charge on any atom is 0.271 e. The first-order valence-electron chi connectivity index (χ1n) is 9.34. The number of carbonyl (C=O) groups is 2. The van der Waals surface area contributed by atoms with Crippen molar-refractivity contribution in [2.75, 3.05) is 12.0 Å². The van der Waals surface area contributed by atoms with Crippen molar-refractivity contribution in [3.8, 4) is 5.75 Å². The van der Waals surface area contributed by atoms with Gasteiger partial charge < -0.3 is 25.9 Å². The van der Waals surface area contributed by atoms with E-state index < -0.39 is 23.0 Å². The highest BCUT2D eigenvalue weighted by Crippen LogP contribution is 2.58. The minimum Gasteiger partial charge on any atom is -0.454 e. The Morgan fingerprint density at radius 2 is 1.93 bits per heavy atom. The van der Waals surface area contributed by atoms with Crippen LogP contribution in [0.15, 0.2) is 53.6 Å². The topological polar surface area (TPSA) is 117 Å². The number of nitrogens with two attached hydrogens (primary N) is 1. The van der Waals surface area contributed by atoms with Gasteiger partial charge in [-0.1, -0.05) is 30.3 Å². The second kappa shape index (κ2) is 6.13. The number of rotatable bonds is 3. The number of anilines is 1. The Kier molecular flexibility index (Phi) is 3.84. The monoisotopic (exact) mass is 421 g/mol. The number of aliphatic hydroxyl groups is 1. The Bertz CT molecular complexity index is 1240. The van der Waals surface area contributed by atoms with Gasteiger partial charge in [0.25, 0.3) is 11.7 Å². The predicted octanol–water partition coefficient (Wildman–Crippen LogP) is 2.69. The second-order valence-electron chi connectivity index (χ2n) is 7.40. The number of fused-ring (bicyclic) bond motifs is 5. The van der Waals surface area contributed by atoms with Gasteiger partial charge in [-0.2, -0.15) is 0 Å². The highest BCUT2D eigenvalue weighted by molar-refractivity contribution is 7.98. The van der Waals surface area contributed by atoms with Gasteiger partial charge in [0.2, 0.25) is 11.3 Å². The van der Waals surface area contributed by atoms with Gasteiger partial charge in [0, 0.05) is 27.9 Å². The molecular weight excluding hydrogens is 402 g/mol. The number of amides is 1. The van der Waals surface area contributed by atoms with Crippen LogP contribution < -0.4 is 15.8 Å². The molecule has 0 saturated carbocycles. The molecule has 2 unspecified atom stereocenters. The average Bonchev–Trinajstić information content (AvgIpc) is 3.28. The van der Waals surface area contributed by atoms with Gasteiger partial charge >= 0.3 is 0 Å². The SMILES string of the molecule is CSc1c[nH]c(C(=O)NC23C(=O)c4c(N)cccc4C2(O)Oc2ccccc23)c1C. The molecule has 0 spiro atoms. The van der Waals surface area contributed by atoms with E-state index in [0.29, 0.717) is 17.0 Å². The molecule has 0 radical (unpaired) electrons. The van der Waals surface area contributed by atoms with Crippen molar-refractivity contribution < 1.29 is 19.4 Å². The summed E-state index contributed by atoms with van der Waals surface area (Å²) in [5.41, 5.74) is 6.30. The molecule has 152 valence electrons. The summed E-state index contributed by atoms with van der Waals surface area (Å²) in [4.78, 5) is 31.0. The zero-order valence-corrected chi connectivity index (χ0v) is 17.1. The van der Waals surface area contributed by atoms with Crippen molar-refractivity contribution in [2.24, 2.45) is 0 Å². The lowest BCUT2D eigenvalue weighted by Crippen LogP contribution is -2.60. The molecule has 1 amide bonds. The van der Waals surface area contributed by atoms with Gasteiger partial charge in [-0.25, -0.2) is 0 Å². The number of hydrogen-bond acceptors (Lipinski definition) is 6. The third-order valence-electron chi connectivity index (χ3n) is 5.93. The number of Topliss-reactive ketones (excluding diaryl/α,β-unsaturated/α-hetero) is 1. The lowest BCUT2D eigenvalue weighted by molar-refractivity contribution is -0.169. The van der Waals surface area contributed by atoms with Crippen molar-refractivity contribution in [2.45, 2.75) is 23.1 Å². The van der Waals surface area contributed by atoms with Crippen LogP contribution in [0.4, 0.5) is 5.69 Å². The summed E-state index contributed by atoms with van der Waals surface area (Å²) in [6, 6.07) is 11.6. The summed E-state index contributed by atoms with van der Waals surface area (Å²) in [7, 11) is 0. The van der Waals surface area contributed by atoms with E-state index in [1.54, 1.807) is 48.7 Å². The smallest absolute Gasteiger partial charge is 0.271 e. The number of H-pyrrole nitrogens is 1. The third kappa shape index (κ3) is 2.09. The first kappa shape index (κ1) is 18.8. The number of aromatic amines is 1. The quantitative estimate of drug-likeness (QED) is 0.382. The molecule has 0 bridgehead atoms. The first-order valence-corrected chi connectivity index (χ1v) is 10.6. The van der Waals surface area contributed by atoms with E-state index in [0.717, 1.165) is 10.5 Å². The summed E-state index contributed by atoms with van der Waals surface area (Å²) in [5.74, 6) is -2.82. The molecule has 3 aromatic rings. The molecule has 2 aliphatic rings. The molecule has 0 fully saturated rings. The fourth-order valence-corrected chi connectivity index (χ4v) is 5.06. The minimum absolute atomic E-state index is 0.155. The Morgan fingerprint density at radius 1 is 1.20 bits per heavy atom.